The molecule has 2 amide bonds. The van der Waals surface area contributed by atoms with Crippen molar-refractivity contribution < 1.29 is 23.1 Å². The number of alkyl halides is 3. The number of nitrogens with one attached hydrogen (secondary N) is 2. The Bertz CT molecular complexity index is 775. The lowest BCUT2D eigenvalue weighted by molar-refractivity contribution is -0.137. The molecule has 0 spiro atoms. The van der Waals surface area contributed by atoms with E-state index >= 15 is 0 Å². The number of hydrogen-bond donors (Lipinski definition) is 3. The summed E-state index contributed by atoms with van der Waals surface area (Å²) in [5.74, 6) is 0. The number of fused-ring (bicyclic) bond motifs is 1. The normalized spacial score (nSPS) is 19.1. The lowest BCUT2D eigenvalue weighted by Crippen LogP contribution is -2.41. The van der Waals surface area contributed by atoms with Crippen LogP contribution in [0.2, 0.25) is 0 Å². The Labute approximate surface area is 149 Å². The van der Waals surface area contributed by atoms with Gasteiger partial charge in [-0.3, -0.25) is 0 Å². The van der Waals surface area contributed by atoms with Crippen LogP contribution in [0.3, 0.4) is 0 Å². The van der Waals surface area contributed by atoms with Gasteiger partial charge in [-0.15, -0.1) is 0 Å². The molecule has 3 N–H and O–H groups in total. The molecule has 0 bridgehead atoms. The van der Waals surface area contributed by atoms with E-state index in [1.807, 2.05) is 24.3 Å². The van der Waals surface area contributed by atoms with E-state index in [9.17, 15) is 23.1 Å². The highest BCUT2D eigenvalue weighted by Gasteiger charge is 2.32. The van der Waals surface area contributed by atoms with Gasteiger partial charge in [-0.05, 0) is 35.2 Å². The smallest absolute Gasteiger partial charge is 0.390 e. The molecule has 0 radical (unpaired) electrons. The van der Waals surface area contributed by atoms with E-state index in [4.69, 9.17) is 0 Å². The van der Waals surface area contributed by atoms with Crippen molar-refractivity contribution in [1.82, 2.24) is 10.6 Å². The van der Waals surface area contributed by atoms with Crippen molar-refractivity contribution in [3.8, 4) is 0 Å². The van der Waals surface area contributed by atoms with Crippen molar-refractivity contribution in [3.63, 3.8) is 0 Å². The summed E-state index contributed by atoms with van der Waals surface area (Å²) in [5, 5.41) is 15.5. The Morgan fingerprint density at radius 2 is 1.81 bits per heavy atom. The van der Waals surface area contributed by atoms with Crippen LogP contribution in [0.1, 0.15) is 28.3 Å². The second kappa shape index (κ2) is 7.37. The molecule has 1 aliphatic carbocycles. The van der Waals surface area contributed by atoms with E-state index in [0.717, 1.165) is 23.3 Å². The lowest BCUT2D eigenvalue weighted by Gasteiger charge is -2.18. The second-order valence-electron chi connectivity index (χ2n) is 6.29. The molecule has 0 aliphatic heterocycles. The van der Waals surface area contributed by atoms with Crippen molar-refractivity contribution >= 4 is 6.03 Å². The second-order valence-corrected chi connectivity index (χ2v) is 6.29. The third kappa shape index (κ3) is 4.16. The molecular formula is C19H19F3N2O2. The highest BCUT2D eigenvalue weighted by molar-refractivity contribution is 5.74. The van der Waals surface area contributed by atoms with Crippen LogP contribution in [0.5, 0.6) is 0 Å². The van der Waals surface area contributed by atoms with Gasteiger partial charge < -0.3 is 15.7 Å². The van der Waals surface area contributed by atoms with Crippen molar-refractivity contribution in [2.75, 3.05) is 6.54 Å². The molecule has 0 heterocycles. The molecule has 2 aromatic rings. The van der Waals surface area contributed by atoms with Gasteiger partial charge in [0.25, 0.3) is 0 Å². The molecule has 4 nitrogen and oxygen atoms in total. The third-order valence-electron chi connectivity index (χ3n) is 4.47. The Hall–Kier alpha value is -2.54. The minimum absolute atomic E-state index is 0.279. The van der Waals surface area contributed by atoms with Crippen LogP contribution in [-0.2, 0) is 19.0 Å². The fourth-order valence-corrected chi connectivity index (χ4v) is 3.12. The summed E-state index contributed by atoms with van der Waals surface area (Å²) in [6, 6.07) is 11.5. The monoisotopic (exact) mass is 364 g/mol. The zero-order chi connectivity index (χ0) is 18.7. The molecule has 0 aromatic heterocycles. The minimum Gasteiger partial charge on any atom is -0.390 e. The quantitative estimate of drug-likeness (QED) is 0.780. The average molecular weight is 364 g/mol. The van der Waals surface area contributed by atoms with Gasteiger partial charge in [0.2, 0.25) is 0 Å². The number of hydrogen-bond acceptors (Lipinski definition) is 2. The molecule has 2 atom stereocenters. The average Bonchev–Trinajstić information content (AvgIpc) is 2.90. The summed E-state index contributed by atoms with van der Waals surface area (Å²) in [4.78, 5) is 12.0. The summed E-state index contributed by atoms with van der Waals surface area (Å²) in [6.45, 7) is 0.279. The SMILES string of the molecule is O=C(NCCc1ccc(C(F)(F)F)cc1)N[C@H]1c2ccccc2C[C@H]1O. The van der Waals surface area contributed by atoms with E-state index in [1.165, 1.54) is 12.1 Å². The first kappa shape index (κ1) is 18.3. The number of urea groups is 1. The van der Waals surface area contributed by atoms with Gasteiger partial charge in [-0.25, -0.2) is 4.79 Å². The summed E-state index contributed by atoms with van der Waals surface area (Å²) in [6.07, 6.45) is -4.12. The Balaban J connectivity index is 1.49. The van der Waals surface area contributed by atoms with Gasteiger partial charge in [-0.2, -0.15) is 13.2 Å². The predicted octanol–water partition coefficient (Wildman–Crippen LogP) is 3.21. The molecule has 0 saturated carbocycles. The fraction of sp³-hybridized carbons (Fsp3) is 0.316. The Kier molecular flexibility index (Phi) is 5.18. The zero-order valence-electron chi connectivity index (χ0n) is 13.9. The van der Waals surface area contributed by atoms with Crippen LogP contribution < -0.4 is 10.6 Å². The molecule has 26 heavy (non-hydrogen) atoms. The number of amides is 2. The number of halogens is 3. The maximum absolute atomic E-state index is 12.5. The largest absolute Gasteiger partial charge is 0.416 e. The number of rotatable bonds is 4. The highest BCUT2D eigenvalue weighted by atomic mass is 19.4. The standard InChI is InChI=1S/C19H19F3N2O2/c20-19(21,22)14-7-5-12(6-8-14)9-10-23-18(26)24-17-15-4-2-1-3-13(15)11-16(17)25/h1-8,16-17,25H,9-11H2,(H2,23,24,26)/t16-,17+/m1/s1. The Morgan fingerprint density at radius 1 is 1.12 bits per heavy atom. The van der Waals surface area contributed by atoms with Gasteiger partial charge in [0.05, 0.1) is 17.7 Å². The van der Waals surface area contributed by atoms with Crippen LogP contribution in [-0.4, -0.2) is 23.8 Å². The van der Waals surface area contributed by atoms with Crippen molar-refractivity contribution in [3.05, 3.63) is 70.8 Å². The number of carbonyl (C=O) groups excluding carboxylic acids is 1. The maximum atomic E-state index is 12.5. The topological polar surface area (TPSA) is 61.4 Å². The van der Waals surface area contributed by atoms with Gasteiger partial charge in [0.1, 0.15) is 0 Å². The van der Waals surface area contributed by atoms with Gasteiger partial charge in [-0.1, -0.05) is 36.4 Å². The molecule has 7 heteroatoms. The summed E-state index contributed by atoms with van der Waals surface area (Å²) in [5.41, 5.74) is 1.92. The molecular weight excluding hydrogens is 345 g/mol. The summed E-state index contributed by atoms with van der Waals surface area (Å²) < 4.78 is 37.6. The van der Waals surface area contributed by atoms with E-state index < -0.39 is 29.9 Å². The van der Waals surface area contributed by atoms with Crippen molar-refractivity contribution in [2.45, 2.75) is 31.2 Å². The van der Waals surface area contributed by atoms with Crippen LogP contribution in [0.15, 0.2) is 48.5 Å². The van der Waals surface area contributed by atoms with Crippen LogP contribution in [0, 0.1) is 0 Å². The third-order valence-corrected chi connectivity index (χ3v) is 4.47. The molecule has 1 aliphatic rings. The first-order chi connectivity index (χ1) is 12.3. The lowest BCUT2D eigenvalue weighted by atomic mass is 10.1. The predicted molar refractivity (Wildman–Crippen MR) is 90.6 cm³/mol. The summed E-state index contributed by atoms with van der Waals surface area (Å²) >= 11 is 0. The summed E-state index contributed by atoms with van der Waals surface area (Å²) in [7, 11) is 0. The van der Waals surface area contributed by atoms with E-state index in [2.05, 4.69) is 10.6 Å². The fourth-order valence-electron chi connectivity index (χ4n) is 3.12. The number of aliphatic hydroxyl groups excluding tert-OH is 1. The minimum atomic E-state index is -4.35. The molecule has 0 saturated heterocycles. The first-order valence-corrected chi connectivity index (χ1v) is 8.31. The molecule has 138 valence electrons. The zero-order valence-corrected chi connectivity index (χ0v) is 13.9. The van der Waals surface area contributed by atoms with Crippen LogP contribution in [0.25, 0.3) is 0 Å². The van der Waals surface area contributed by atoms with Crippen LogP contribution in [0.4, 0.5) is 18.0 Å². The molecule has 0 unspecified atom stereocenters. The van der Waals surface area contributed by atoms with E-state index in [0.29, 0.717) is 18.4 Å². The van der Waals surface area contributed by atoms with Gasteiger partial charge in [0.15, 0.2) is 0 Å². The van der Waals surface area contributed by atoms with Gasteiger partial charge in [0, 0.05) is 13.0 Å². The van der Waals surface area contributed by atoms with Crippen molar-refractivity contribution in [2.24, 2.45) is 0 Å². The molecule has 0 fully saturated rings. The number of carbonyl (C=O) groups is 1. The number of aliphatic hydroxyl groups is 1. The van der Waals surface area contributed by atoms with Gasteiger partial charge >= 0.3 is 12.2 Å². The maximum Gasteiger partial charge on any atom is 0.416 e. The van der Waals surface area contributed by atoms with Crippen LogP contribution >= 0.6 is 0 Å². The van der Waals surface area contributed by atoms with Crippen molar-refractivity contribution in [1.29, 1.82) is 0 Å². The van der Waals surface area contributed by atoms with E-state index in [1.54, 1.807) is 0 Å². The van der Waals surface area contributed by atoms with E-state index in [-0.39, 0.29) is 6.54 Å². The molecule has 2 aromatic carbocycles. The molecule has 3 rings (SSSR count). The Morgan fingerprint density at radius 3 is 2.50 bits per heavy atom. The first-order valence-electron chi connectivity index (χ1n) is 8.31. The number of benzene rings is 2. The highest BCUT2D eigenvalue weighted by Crippen LogP contribution is 2.31.